The molecule has 14 heavy (non-hydrogen) atoms. The molecule has 3 nitrogen and oxygen atoms in total. The molecule has 0 atom stereocenters. The maximum atomic E-state index is 10.7. The molecule has 74 valence electrons. The summed E-state index contributed by atoms with van der Waals surface area (Å²) in [6, 6.07) is 3.69. The van der Waals surface area contributed by atoms with Crippen molar-refractivity contribution in [1.82, 2.24) is 4.98 Å². The second-order valence-electron chi connectivity index (χ2n) is 3.44. The van der Waals surface area contributed by atoms with Crippen molar-refractivity contribution in [3.05, 3.63) is 22.8 Å². The van der Waals surface area contributed by atoms with E-state index < -0.39 is 0 Å². The molecule has 2 rings (SSSR count). The van der Waals surface area contributed by atoms with Crippen molar-refractivity contribution in [1.29, 1.82) is 0 Å². The highest BCUT2D eigenvalue weighted by Crippen LogP contribution is 2.23. The molecular weight excluding hydrogens is 246 g/mol. The summed E-state index contributed by atoms with van der Waals surface area (Å²) in [6.07, 6.45) is 3.02. The lowest BCUT2D eigenvalue weighted by atomic mass is 9.85. The fraction of sp³-hybridized carbons (Fsp3) is 0.400. The smallest absolute Gasteiger partial charge is 0.213 e. The fourth-order valence-electron chi connectivity index (χ4n) is 1.35. The first-order valence-electron chi connectivity index (χ1n) is 4.50. The van der Waals surface area contributed by atoms with Crippen LogP contribution in [0.4, 0.5) is 0 Å². The summed E-state index contributed by atoms with van der Waals surface area (Å²) in [7, 11) is 0. The lowest BCUT2D eigenvalue weighted by molar-refractivity contribution is -0.127. The maximum absolute atomic E-state index is 10.7. The van der Waals surface area contributed by atoms with Gasteiger partial charge in [-0.2, -0.15) is 0 Å². The highest BCUT2D eigenvalue weighted by Gasteiger charge is 2.26. The quantitative estimate of drug-likeness (QED) is 0.832. The van der Waals surface area contributed by atoms with Gasteiger partial charge in [0.15, 0.2) is 0 Å². The maximum Gasteiger partial charge on any atom is 0.213 e. The van der Waals surface area contributed by atoms with Crippen molar-refractivity contribution in [2.24, 2.45) is 5.92 Å². The summed E-state index contributed by atoms with van der Waals surface area (Å²) in [5, 5.41) is 0. The number of aromatic nitrogens is 1. The number of carbonyl (C=O) groups is 1. The van der Waals surface area contributed by atoms with Gasteiger partial charge in [0.1, 0.15) is 5.78 Å². The van der Waals surface area contributed by atoms with Gasteiger partial charge in [-0.25, -0.2) is 4.98 Å². The van der Waals surface area contributed by atoms with Crippen LogP contribution >= 0.6 is 15.9 Å². The minimum atomic E-state index is 0.336. The van der Waals surface area contributed by atoms with Crippen molar-refractivity contribution in [2.45, 2.75) is 12.8 Å². The largest absolute Gasteiger partial charge is 0.477 e. The first kappa shape index (κ1) is 9.65. The number of rotatable bonds is 3. The molecule has 4 heteroatoms. The molecule has 0 unspecified atom stereocenters. The molecule has 1 aliphatic rings. The van der Waals surface area contributed by atoms with Crippen LogP contribution in [0, 0.1) is 5.92 Å². The van der Waals surface area contributed by atoms with Crippen LogP contribution < -0.4 is 4.74 Å². The van der Waals surface area contributed by atoms with Crippen LogP contribution in [0.25, 0.3) is 0 Å². The molecule has 0 bridgehead atoms. The van der Waals surface area contributed by atoms with Crippen LogP contribution in [0.15, 0.2) is 22.8 Å². The van der Waals surface area contributed by atoms with E-state index in [1.165, 1.54) is 0 Å². The molecule has 0 radical (unpaired) electrons. The monoisotopic (exact) mass is 255 g/mol. The van der Waals surface area contributed by atoms with Crippen molar-refractivity contribution in [3.63, 3.8) is 0 Å². The Labute approximate surface area is 90.6 Å². The Morgan fingerprint density at radius 1 is 1.50 bits per heavy atom. The molecule has 1 saturated carbocycles. The van der Waals surface area contributed by atoms with Crippen LogP contribution in [0.2, 0.25) is 0 Å². The lowest BCUT2D eigenvalue weighted by Crippen LogP contribution is -2.28. The first-order chi connectivity index (χ1) is 6.74. The van der Waals surface area contributed by atoms with E-state index in [0.717, 1.165) is 4.47 Å². The third kappa shape index (κ3) is 2.32. The SMILES string of the molecule is O=C1CC(COc2ccc(Br)cn2)C1. The summed E-state index contributed by atoms with van der Waals surface area (Å²) in [5.41, 5.74) is 0. The zero-order chi connectivity index (χ0) is 9.97. The summed E-state index contributed by atoms with van der Waals surface area (Å²) < 4.78 is 6.36. The van der Waals surface area contributed by atoms with E-state index in [1.54, 1.807) is 6.20 Å². The third-order valence-corrected chi connectivity index (χ3v) is 2.67. The Morgan fingerprint density at radius 3 is 2.86 bits per heavy atom. The number of pyridine rings is 1. The molecule has 1 fully saturated rings. The number of Topliss-reactive ketones (excluding diaryl/α,β-unsaturated/α-hetero) is 1. The normalized spacial score (nSPS) is 16.5. The Kier molecular flexibility index (Phi) is 2.82. The number of hydrogen-bond donors (Lipinski definition) is 0. The van der Waals surface area contributed by atoms with Crippen LogP contribution in [0.3, 0.4) is 0 Å². The number of ketones is 1. The van der Waals surface area contributed by atoms with Gasteiger partial charge < -0.3 is 4.74 Å². The Bertz CT molecular complexity index is 328. The third-order valence-electron chi connectivity index (χ3n) is 2.20. The van der Waals surface area contributed by atoms with Crippen LogP contribution in [-0.4, -0.2) is 17.4 Å². The highest BCUT2D eigenvalue weighted by molar-refractivity contribution is 9.10. The Balaban J connectivity index is 1.80. The van der Waals surface area contributed by atoms with Crippen molar-refractivity contribution in [3.8, 4) is 5.88 Å². The zero-order valence-electron chi connectivity index (χ0n) is 7.57. The topological polar surface area (TPSA) is 39.2 Å². The number of halogens is 1. The molecule has 0 saturated heterocycles. The predicted molar refractivity (Wildman–Crippen MR) is 55.2 cm³/mol. The van der Waals surface area contributed by atoms with Gasteiger partial charge in [-0.1, -0.05) is 0 Å². The molecule has 0 spiro atoms. The summed E-state index contributed by atoms with van der Waals surface area (Å²) in [4.78, 5) is 14.8. The fourth-order valence-corrected chi connectivity index (χ4v) is 1.59. The van der Waals surface area contributed by atoms with Gasteiger partial charge >= 0.3 is 0 Å². The molecule has 0 aromatic carbocycles. The molecule has 0 amide bonds. The minimum Gasteiger partial charge on any atom is -0.477 e. The van der Waals surface area contributed by atoms with Gasteiger partial charge in [-0.3, -0.25) is 4.79 Å². The Morgan fingerprint density at radius 2 is 2.29 bits per heavy atom. The van der Waals surface area contributed by atoms with Crippen LogP contribution in [0.5, 0.6) is 5.88 Å². The molecule has 1 aromatic rings. The molecule has 0 N–H and O–H groups in total. The number of carbonyl (C=O) groups excluding carboxylic acids is 1. The first-order valence-corrected chi connectivity index (χ1v) is 5.29. The summed E-state index contributed by atoms with van der Waals surface area (Å²) >= 11 is 3.30. The van der Waals surface area contributed by atoms with E-state index in [0.29, 0.717) is 37.0 Å². The van der Waals surface area contributed by atoms with E-state index in [4.69, 9.17) is 4.74 Å². The van der Waals surface area contributed by atoms with E-state index in [2.05, 4.69) is 20.9 Å². The van der Waals surface area contributed by atoms with Gasteiger partial charge in [0.2, 0.25) is 5.88 Å². The summed E-state index contributed by atoms with van der Waals surface area (Å²) in [5.74, 6) is 1.35. The second-order valence-corrected chi connectivity index (χ2v) is 4.35. The van der Waals surface area contributed by atoms with Gasteiger partial charge in [-0.05, 0) is 22.0 Å². The average Bonchev–Trinajstić information content (AvgIpc) is 2.13. The molecule has 1 aliphatic carbocycles. The van der Waals surface area contributed by atoms with Gasteiger partial charge in [0.05, 0.1) is 6.61 Å². The minimum absolute atomic E-state index is 0.336. The van der Waals surface area contributed by atoms with E-state index in [-0.39, 0.29) is 0 Å². The van der Waals surface area contributed by atoms with Crippen LogP contribution in [0.1, 0.15) is 12.8 Å². The van der Waals surface area contributed by atoms with Crippen molar-refractivity contribution in [2.75, 3.05) is 6.61 Å². The van der Waals surface area contributed by atoms with Gasteiger partial charge in [0, 0.05) is 35.5 Å². The molecule has 1 aromatic heterocycles. The number of ether oxygens (including phenoxy) is 1. The van der Waals surface area contributed by atoms with Gasteiger partial charge in [-0.15, -0.1) is 0 Å². The van der Waals surface area contributed by atoms with E-state index in [9.17, 15) is 4.79 Å². The highest BCUT2D eigenvalue weighted by atomic mass is 79.9. The second kappa shape index (κ2) is 4.09. The zero-order valence-corrected chi connectivity index (χ0v) is 9.16. The van der Waals surface area contributed by atoms with Crippen molar-refractivity contribution < 1.29 is 9.53 Å². The van der Waals surface area contributed by atoms with E-state index in [1.807, 2.05) is 12.1 Å². The van der Waals surface area contributed by atoms with Crippen LogP contribution in [-0.2, 0) is 4.79 Å². The molecule has 1 heterocycles. The average molecular weight is 256 g/mol. The number of nitrogens with zero attached hydrogens (tertiary/aromatic N) is 1. The standard InChI is InChI=1S/C10H10BrNO2/c11-8-1-2-10(12-5-8)14-6-7-3-9(13)4-7/h1-2,5,7H,3-4,6H2. The molecule has 0 aliphatic heterocycles. The van der Waals surface area contributed by atoms with Crippen molar-refractivity contribution >= 4 is 21.7 Å². The molecular formula is C10H10BrNO2. The number of hydrogen-bond acceptors (Lipinski definition) is 3. The summed E-state index contributed by atoms with van der Waals surface area (Å²) in [6.45, 7) is 0.598. The van der Waals surface area contributed by atoms with Gasteiger partial charge in [0.25, 0.3) is 0 Å². The van der Waals surface area contributed by atoms with E-state index >= 15 is 0 Å². The predicted octanol–water partition coefficient (Wildman–Crippen LogP) is 2.20. The Hall–Kier alpha value is -0.900. The lowest BCUT2D eigenvalue weighted by Gasteiger charge is -2.23.